The van der Waals surface area contributed by atoms with Crippen LogP contribution in [0.1, 0.15) is 34.1 Å². The summed E-state index contributed by atoms with van der Waals surface area (Å²) in [6, 6.07) is 0. The summed E-state index contributed by atoms with van der Waals surface area (Å²) in [4.78, 5) is 2.07. The molecule has 0 aromatic heterocycles. The molecule has 0 spiro atoms. The van der Waals surface area contributed by atoms with Gasteiger partial charge in [0.05, 0.1) is 0 Å². The molecule has 0 aliphatic rings. The predicted octanol–water partition coefficient (Wildman–Crippen LogP) is 1.90. The quantitative estimate of drug-likeness (QED) is 0.507. The molecular weight excluding hydrogens is 162 g/mol. The van der Waals surface area contributed by atoms with Crippen LogP contribution in [0, 0.1) is 11.3 Å². The average Bonchev–Trinajstić information content (AvgIpc) is 2.05. The minimum atomic E-state index is 0.561. The molecule has 2 N–H and O–H groups in total. The third-order valence-corrected chi connectivity index (χ3v) is 2.02. The summed E-state index contributed by atoms with van der Waals surface area (Å²) in [6.07, 6.45) is 1.15. The van der Waals surface area contributed by atoms with Crippen LogP contribution >= 0.6 is 0 Å². The van der Waals surface area contributed by atoms with Crippen LogP contribution in [0.4, 0.5) is 0 Å². The first kappa shape index (κ1) is 12.3. The van der Waals surface area contributed by atoms with Gasteiger partial charge in [0.2, 0.25) is 0 Å². The summed E-state index contributed by atoms with van der Waals surface area (Å²) in [6.45, 7) is 11.3. The molecule has 0 fully saturated rings. The molecule has 0 radical (unpaired) electrons. The van der Waals surface area contributed by atoms with Gasteiger partial charge in [-0.05, 0) is 26.2 Å². The molecule has 0 unspecified atom stereocenters. The summed E-state index contributed by atoms with van der Waals surface area (Å²) < 4.78 is 0. The Balaban J connectivity index is 3.80. The van der Waals surface area contributed by atoms with E-state index in [4.69, 9.17) is 5.41 Å². The van der Waals surface area contributed by atoms with Crippen molar-refractivity contribution in [2.45, 2.75) is 34.1 Å². The lowest BCUT2D eigenvalue weighted by Crippen LogP contribution is -2.41. The van der Waals surface area contributed by atoms with Crippen LogP contribution in [0.25, 0.3) is 0 Å². The summed E-state index contributed by atoms with van der Waals surface area (Å²) in [5.74, 6) is 1.27. The molecule has 3 nitrogen and oxygen atoms in total. The van der Waals surface area contributed by atoms with E-state index in [1.165, 1.54) is 0 Å². The van der Waals surface area contributed by atoms with Crippen LogP contribution in [0.15, 0.2) is 0 Å². The summed E-state index contributed by atoms with van der Waals surface area (Å²) >= 11 is 0. The molecule has 0 aliphatic heterocycles. The molecule has 0 bridgehead atoms. The van der Waals surface area contributed by atoms with Crippen molar-refractivity contribution in [2.24, 2.45) is 5.92 Å². The number of hydrogen-bond acceptors (Lipinski definition) is 1. The fraction of sp³-hybridized carbons (Fsp3) is 0.900. The lowest BCUT2D eigenvalue weighted by Gasteiger charge is -2.24. The van der Waals surface area contributed by atoms with Crippen LogP contribution < -0.4 is 5.32 Å². The molecule has 3 heteroatoms. The van der Waals surface area contributed by atoms with E-state index in [0.717, 1.165) is 26.1 Å². The minimum absolute atomic E-state index is 0.561. The van der Waals surface area contributed by atoms with Gasteiger partial charge in [0, 0.05) is 19.6 Å². The Bertz CT molecular complexity index is 143. The van der Waals surface area contributed by atoms with Gasteiger partial charge in [-0.25, -0.2) is 0 Å². The van der Waals surface area contributed by atoms with Crippen molar-refractivity contribution in [3.63, 3.8) is 0 Å². The zero-order valence-corrected chi connectivity index (χ0v) is 9.35. The SMILES string of the molecule is CCNC(=N)N(CC)CCC(C)C. The van der Waals surface area contributed by atoms with E-state index in [1.54, 1.807) is 0 Å². The minimum Gasteiger partial charge on any atom is -0.357 e. The van der Waals surface area contributed by atoms with Crippen LogP contribution in [0.3, 0.4) is 0 Å². The van der Waals surface area contributed by atoms with E-state index >= 15 is 0 Å². The lowest BCUT2D eigenvalue weighted by atomic mass is 10.1. The van der Waals surface area contributed by atoms with Gasteiger partial charge in [-0.2, -0.15) is 0 Å². The maximum absolute atomic E-state index is 7.70. The Morgan fingerprint density at radius 2 is 2.00 bits per heavy atom. The Labute approximate surface area is 82.0 Å². The molecule has 0 heterocycles. The van der Waals surface area contributed by atoms with E-state index in [-0.39, 0.29) is 0 Å². The van der Waals surface area contributed by atoms with Crippen LogP contribution in [0.2, 0.25) is 0 Å². The zero-order chi connectivity index (χ0) is 10.3. The first-order valence-electron chi connectivity index (χ1n) is 5.19. The normalized spacial score (nSPS) is 10.2. The van der Waals surface area contributed by atoms with Crippen molar-refractivity contribution in [1.82, 2.24) is 10.2 Å². The highest BCUT2D eigenvalue weighted by molar-refractivity contribution is 5.76. The fourth-order valence-electron chi connectivity index (χ4n) is 1.12. The van der Waals surface area contributed by atoms with Crippen LogP contribution in [-0.2, 0) is 0 Å². The van der Waals surface area contributed by atoms with Crippen LogP contribution in [0.5, 0.6) is 0 Å². The number of hydrogen-bond donors (Lipinski definition) is 2. The molecule has 0 amide bonds. The summed E-state index contributed by atoms with van der Waals surface area (Å²) in [5, 5.41) is 10.7. The van der Waals surface area contributed by atoms with E-state index < -0.39 is 0 Å². The maximum atomic E-state index is 7.70. The number of nitrogens with zero attached hydrogens (tertiary/aromatic N) is 1. The molecular formula is C10H23N3. The van der Waals surface area contributed by atoms with Gasteiger partial charge in [-0.15, -0.1) is 0 Å². The van der Waals surface area contributed by atoms with Gasteiger partial charge in [-0.3, -0.25) is 5.41 Å². The first-order chi connectivity index (χ1) is 6.11. The highest BCUT2D eigenvalue weighted by atomic mass is 15.3. The largest absolute Gasteiger partial charge is 0.357 e. The second kappa shape index (κ2) is 6.75. The maximum Gasteiger partial charge on any atom is 0.191 e. The third kappa shape index (κ3) is 5.50. The Hall–Kier alpha value is -0.730. The molecule has 0 aromatic carbocycles. The predicted molar refractivity (Wildman–Crippen MR) is 58.1 cm³/mol. The highest BCUT2D eigenvalue weighted by Gasteiger charge is 2.06. The number of nitrogens with one attached hydrogen (secondary N) is 2. The van der Waals surface area contributed by atoms with Crippen LogP contribution in [-0.4, -0.2) is 30.5 Å². The Morgan fingerprint density at radius 1 is 1.38 bits per heavy atom. The van der Waals surface area contributed by atoms with Gasteiger partial charge in [0.25, 0.3) is 0 Å². The van der Waals surface area contributed by atoms with Crippen molar-refractivity contribution >= 4 is 5.96 Å². The molecule has 78 valence electrons. The molecule has 0 aliphatic carbocycles. The molecule has 0 saturated heterocycles. The zero-order valence-electron chi connectivity index (χ0n) is 9.35. The molecule has 13 heavy (non-hydrogen) atoms. The van der Waals surface area contributed by atoms with Gasteiger partial charge >= 0.3 is 0 Å². The molecule has 0 atom stereocenters. The van der Waals surface area contributed by atoms with Gasteiger partial charge in [-0.1, -0.05) is 13.8 Å². The second-order valence-electron chi connectivity index (χ2n) is 3.64. The number of rotatable bonds is 5. The molecule has 0 rings (SSSR count). The van der Waals surface area contributed by atoms with Crippen molar-refractivity contribution in [2.75, 3.05) is 19.6 Å². The first-order valence-corrected chi connectivity index (χ1v) is 5.19. The number of guanidine groups is 1. The van der Waals surface area contributed by atoms with Gasteiger partial charge in [0.1, 0.15) is 0 Å². The van der Waals surface area contributed by atoms with Crippen molar-refractivity contribution in [3.8, 4) is 0 Å². The van der Waals surface area contributed by atoms with E-state index in [0.29, 0.717) is 11.9 Å². The highest BCUT2D eigenvalue weighted by Crippen LogP contribution is 2.01. The molecule has 0 aromatic rings. The fourth-order valence-corrected chi connectivity index (χ4v) is 1.12. The van der Waals surface area contributed by atoms with E-state index in [1.807, 2.05) is 6.92 Å². The monoisotopic (exact) mass is 185 g/mol. The lowest BCUT2D eigenvalue weighted by molar-refractivity contribution is 0.382. The summed E-state index contributed by atoms with van der Waals surface area (Å²) in [7, 11) is 0. The third-order valence-electron chi connectivity index (χ3n) is 2.02. The topological polar surface area (TPSA) is 39.1 Å². The van der Waals surface area contributed by atoms with Crippen molar-refractivity contribution in [1.29, 1.82) is 5.41 Å². The second-order valence-corrected chi connectivity index (χ2v) is 3.64. The van der Waals surface area contributed by atoms with E-state index in [2.05, 4.69) is 31.0 Å². The Morgan fingerprint density at radius 3 is 2.38 bits per heavy atom. The summed E-state index contributed by atoms with van der Waals surface area (Å²) in [5.41, 5.74) is 0. The van der Waals surface area contributed by atoms with Crippen molar-refractivity contribution < 1.29 is 0 Å². The standard InChI is InChI=1S/C10H23N3/c1-5-12-10(11)13(6-2)8-7-9(3)4/h9H,5-8H2,1-4H3,(H2,11,12). The Kier molecular flexibility index (Phi) is 6.37. The van der Waals surface area contributed by atoms with Crippen molar-refractivity contribution in [3.05, 3.63) is 0 Å². The molecule has 0 saturated carbocycles. The van der Waals surface area contributed by atoms with E-state index in [9.17, 15) is 0 Å². The average molecular weight is 185 g/mol. The smallest absolute Gasteiger partial charge is 0.191 e. The van der Waals surface area contributed by atoms with Gasteiger partial charge in [0.15, 0.2) is 5.96 Å². The van der Waals surface area contributed by atoms with Gasteiger partial charge < -0.3 is 10.2 Å².